The van der Waals surface area contributed by atoms with Crippen LogP contribution in [0.15, 0.2) is 82.8 Å². The van der Waals surface area contributed by atoms with Crippen LogP contribution in [0, 0.1) is 0 Å². The van der Waals surface area contributed by atoms with Crippen LogP contribution in [-0.4, -0.2) is 12.4 Å². The summed E-state index contributed by atoms with van der Waals surface area (Å²) in [4.78, 5) is 9.64. The zero-order chi connectivity index (χ0) is 49.6. The fraction of sp³-hybridized carbons (Fsp3) is 0.735. The molecular formula is C68H116N2Ni. The van der Waals surface area contributed by atoms with Crippen LogP contribution >= 0.6 is 0 Å². The summed E-state index contributed by atoms with van der Waals surface area (Å²) < 4.78 is 0. The first-order valence-corrected chi connectivity index (χ1v) is 31.4. The summed E-state index contributed by atoms with van der Waals surface area (Å²) in [6, 6.07) is 17.2. The predicted molar refractivity (Wildman–Crippen MR) is 319 cm³/mol. The summed E-state index contributed by atoms with van der Waals surface area (Å²) in [6.07, 6.45) is 80.5. The van der Waals surface area contributed by atoms with Gasteiger partial charge in [0.2, 0.25) is 0 Å². The Morgan fingerprint density at radius 1 is 0.268 bits per heavy atom. The number of hydrogen-bond acceptors (Lipinski definition) is 2. The molecular weight excluding hydrogens is 903 g/mol. The van der Waals surface area contributed by atoms with Crippen molar-refractivity contribution in [3.63, 3.8) is 0 Å². The van der Waals surface area contributed by atoms with Gasteiger partial charge < -0.3 is 0 Å². The van der Waals surface area contributed by atoms with Gasteiger partial charge in [0.15, 0.2) is 0 Å². The molecule has 2 aromatic rings. The van der Waals surface area contributed by atoms with Gasteiger partial charge in [0.25, 0.3) is 0 Å². The molecule has 0 radical (unpaired) electrons. The molecule has 71 heavy (non-hydrogen) atoms. The molecule has 0 saturated carbocycles. The maximum atomic E-state index is 4.82. The van der Waals surface area contributed by atoms with E-state index in [4.69, 9.17) is 9.98 Å². The van der Waals surface area contributed by atoms with Crippen molar-refractivity contribution >= 4 is 23.8 Å². The van der Waals surface area contributed by atoms with Gasteiger partial charge in [-0.15, -0.1) is 0 Å². The van der Waals surface area contributed by atoms with Crippen LogP contribution in [-0.2, 0) is 29.3 Å². The van der Waals surface area contributed by atoms with Gasteiger partial charge in [0.1, 0.15) is 0 Å². The first-order valence-electron chi connectivity index (χ1n) is 31.4. The third kappa shape index (κ3) is 44.9. The fourth-order valence-corrected chi connectivity index (χ4v) is 10.3. The SMILES string of the molecule is CCCCCCCCCCCCCCCCCCCCCCCC=CCCc1ccccc1N=CC=Nc1ccccc1CCC=CCCCCCCCCCCCCCCCCCCCCCCC.[Ni]. The van der Waals surface area contributed by atoms with Crippen molar-refractivity contribution < 1.29 is 16.5 Å². The van der Waals surface area contributed by atoms with Crippen molar-refractivity contribution in [3.8, 4) is 0 Å². The van der Waals surface area contributed by atoms with Crippen LogP contribution < -0.4 is 0 Å². The molecule has 0 spiro atoms. The minimum Gasteiger partial charge on any atom is -0.255 e. The minimum absolute atomic E-state index is 0. The number of para-hydroxylation sites is 2. The molecule has 2 rings (SSSR count). The quantitative estimate of drug-likeness (QED) is 0.0273. The predicted octanol–water partition coefficient (Wildman–Crippen LogP) is 24.0. The van der Waals surface area contributed by atoms with Gasteiger partial charge in [-0.05, 0) is 74.6 Å². The van der Waals surface area contributed by atoms with Crippen LogP contribution in [0.4, 0.5) is 11.4 Å². The van der Waals surface area contributed by atoms with E-state index in [0.717, 1.165) is 37.1 Å². The number of aryl methyl sites for hydroxylation is 2. The van der Waals surface area contributed by atoms with Gasteiger partial charge >= 0.3 is 0 Å². The van der Waals surface area contributed by atoms with E-state index in [1.807, 2.05) is 12.4 Å². The van der Waals surface area contributed by atoms with E-state index in [0.29, 0.717) is 0 Å². The Kier molecular flexibility index (Phi) is 52.2. The van der Waals surface area contributed by atoms with Crippen molar-refractivity contribution in [3.05, 3.63) is 84.0 Å². The second-order valence-electron chi connectivity index (χ2n) is 21.6. The topological polar surface area (TPSA) is 24.7 Å². The Labute approximate surface area is 453 Å². The van der Waals surface area contributed by atoms with Gasteiger partial charge in [-0.1, -0.05) is 331 Å². The molecule has 0 aliphatic rings. The number of hydrogen-bond donors (Lipinski definition) is 0. The maximum Gasteiger partial charge on any atom is 0.0662 e. The van der Waals surface area contributed by atoms with Crippen molar-refractivity contribution in [1.29, 1.82) is 0 Å². The van der Waals surface area contributed by atoms with Gasteiger partial charge in [0, 0.05) is 28.9 Å². The molecule has 3 heteroatoms. The van der Waals surface area contributed by atoms with Gasteiger partial charge in [0.05, 0.1) is 11.4 Å². The third-order valence-electron chi connectivity index (χ3n) is 14.9. The Bertz CT molecular complexity index is 1380. The summed E-state index contributed by atoms with van der Waals surface area (Å²) in [5.74, 6) is 0. The zero-order valence-corrected chi connectivity index (χ0v) is 48.2. The van der Waals surface area contributed by atoms with Crippen molar-refractivity contribution in [2.24, 2.45) is 9.98 Å². The van der Waals surface area contributed by atoms with Gasteiger partial charge in [-0.25, -0.2) is 0 Å². The maximum absolute atomic E-state index is 4.82. The molecule has 2 aromatic carbocycles. The largest absolute Gasteiger partial charge is 0.255 e. The number of allylic oxidation sites excluding steroid dienone is 4. The molecule has 2 nitrogen and oxygen atoms in total. The van der Waals surface area contributed by atoms with E-state index < -0.39 is 0 Å². The second kappa shape index (κ2) is 55.5. The molecule has 0 bridgehead atoms. The van der Waals surface area contributed by atoms with E-state index in [9.17, 15) is 0 Å². The molecule has 408 valence electrons. The van der Waals surface area contributed by atoms with E-state index in [1.165, 1.54) is 294 Å². The Morgan fingerprint density at radius 2 is 0.479 bits per heavy atom. The van der Waals surface area contributed by atoms with E-state index in [-0.39, 0.29) is 16.5 Å². The average molecular weight is 1020 g/mol. The smallest absolute Gasteiger partial charge is 0.0662 e. The van der Waals surface area contributed by atoms with Gasteiger partial charge in [-0.3, -0.25) is 9.98 Å². The first-order chi connectivity index (χ1) is 34.8. The number of rotatable bonds is 53. The van der Waals surface area contributed by atoms with Crippen molar-refractivity contribution in [2.45, 2.75) is 322 Å². The van der Waals surface area contributed by atoms with Crippen LogP contribution in [0.25, 0.3) is 0 Å². The van der Waals surface area contributed by atoms with Gasteiger partial charge in [-0.2, -0.15) is 0 Å². The standard InChI is InChI=1S/C68H116N2.Ni/c1-3-5-7-9-11-13-15-17-19-21-23-25-27-29-31-33-35-37-39-41-43-45-47-49-51-57-65-59-53-55-61-67(65)69-63-64-70-68-62-56-54-60-66(68)58-52-50-48-46-44-42-40-38-36-34-32-30-28-26-24-22-20-18-16-14-12-10-8-6-4-2;/h47-50,53-56,59-64H,3-46,51-52,57-58H2,1-2H3;. The fourth-order valence-electron chi connectivity index (χ4n) is 10.3. The monoisotopic (exact) mass is 1020 g/mol. The van der Waals surface area contributed by atoms with Crippen molar-refractivity contribution in [1.82, 2.24) is 0 Å². The molecule has 0 atom stereocenters. The molecule has 0 saturated heterocycles. The summed E-state index contributed by atoms with van der Waals surface area (Å²) in [7, 11) is 0. The Hall–Kier alpha value is -2.25. The van der Waals surface area contributed by atoms with E-state index >= 15 is 0 Å². The molecule has 0 heterocycles. The summed E-state index contributed by atoms with van der Waals surface area (Å²) in [5.41, 5.74) is 4.73. The van der Waals surface area contributed by atoms with Crippen LogP contribution in [0.3, 0.4) is 0 Å². The molecule has 0 aliphatic carbocycles. The molecule has 0 unspecified atom stereocenters. The molecule has 0 aromatic heterocycles. The molecule has 0 fully saturated rings. The first kappa shape index (κ1) is 66.8. The summed E-state index contributed by atoms with van der Waals surface area (Å²) in [5, 5.41) is 0. The third-order valence-corrected chi connectivity index (χ3v) is 14.9. The molecule has 0 aliphatic heterocycles. The van der Waals surface area contributed by atoms with E-state index in [2.05, 4.69) is 86.7 Å². The molecule has 0 amide bonds. The van der Waals surface area contributed by atoms with E-state index in [1.54, 1.807) is 0 Å². The Morgan fingerprint density at radius 3 is 0.732 bits per heavy atom. The summed E-state index contributed by atoms with van der Waals surface area (Å²) in [6.45, 7) is 4.61. The van der Waals surface area contributed by atoms with Crippen LogP contribution in [0.5, 0.6) is 0 Å². The summed E-state index contributed by atoms with van der Waals surface area (Å²) >= 11 is 0. The van der Waals surface area contributed by atoms with Crippen molar-refractivity contribution in [2.75, 3.05) is 0 Å². The number of aliphatic imine (C=N–C) groups is 2. The normalized spacial score (nSPS) is 11.9. The minimum atomic E-state index is 0. The number of benzene rings is 2. The van der Waals surface area contributed by atoms with Crippen LogP contribution in [0.1, 0.15) is 320 Å². The number of nitrogens with zero attached hydrogens (tertiary/aromatic N) is 2. The second-order valence-corrected chi connectivity index (χ2v) is 21.6. The Balaban J connectivity index is 0.0000252. The zero-order valence-electron chi connectivity index (χ0n) is 47.2. The number of unbranched alkanes of at least 4 members (excludes halogenated alkanes) is 42. The average Bonchev–Trinajstić information content (AvgIpc) is 3.38. The molecule has 0 N–H and O–H groups in total. The van der Waals surface area contributed by atoms with Crippen LogP contribution in [0.2, 0.25) is 0 Å².